The summed E-state index contributed by atoms with van der Waals surface area (Å²) in [4.78, 5) is 27.1. The molecule has 1 aliphatic heterocycles. The van der Waals surface area contributed by atoms with Gasteiger partial charge in [0.15, 0.2) is 17.3 Å². The number of nitrogens with one attached hydrogen (secondary N) is 1. The zero-order chi connectivity index (χ0) is 25.3. The minimum absolute atomic E-state index is 0.0119. The van der Waals surface area contributed by atoms with E-state index in [1.54, 1.807) is 12.1 Å². The number of carbonyl (C=O) groups excluding carboxylic acids is 2. The lowest BCUT2D eigenvalue weighted by atomic mass is 9.71. The van der Waals surface area contributed by atoms with Gasteiger partial charge in [-0.2, -0.15) is 0 Å². The summed E-state index contributed by atoms with van der Waals surface area (Å²) in [5, 5.41) is 13.7. The Morgan fingerprint density at radius 1 is 1.20 bits per heavy atom. The monoisotopic (exact) mass is 539 g/mol. The number of methoxy groups -OCH3 is 1. The summed E-state index contributed by atoms with van der Waals surface area (Å²) in [5.41, 5.74) is 4.23. The van der Waals surface area contributed by atoms with E-state index in [4.69, 9.17) is 9.47 Å². The Hall–Kier alpha value is -3.06. The van der Waals surface area contributed by atoms with Crippen LogP contribution in [0.4, 0.5) is 0 Å². The van der Waals surface area contributed by atoms with Crippen LogP contribution in [0.3, 0.4) is 0 Å². The molecule has 2 aliphatic rings. The van der Waals surface area contributed by atoms with Crippen molar-refractivity contribution < 1.29 is 24.2 Å². The predicted octanol–water partition coefficient (Wildman–Crippen LogP) is 5.87. The molecule has 2 aromatic rings. The molecule has 1 heterocycles. The van der Waals surface area contributed by atoms with Crippen molar-refractivity contribution in [1.29, 1.82) is 0 Å². The summed E-state index contributed by atoms with van der Waals surface area (Å²) in [5.74, 6) is -0.837. The summed E-state index contributed by atoms with van der Waals surface area (Å²) in [6.07, 6.45) is 1.43. The fraction of sp³-hybridized carbons (Fsp3) is 0.357. The third-order valence-electron chi connectivity index (χ3n) is 6.81. The van der Waals surface area contributed by atoms with Crippen LogP contribution in [0, 0.1) is 0 Å². The van der Waals surface area contributed by atoms with E-state index >= 15 is 0 Å². The summed E-state index contributed by atoms with van der Waals surface area (Å²) < 4.78 is 11.5. The Bertz CT molecular complexity index is 1220. The van der Waals surface area contributed by atoms with Crippen LogP contribution in [-0.4, -0.2) is 30.1 Å². The van der Waals surface area contributed by atoms with Crippen molar-refractivity contribution in [2.24, 2.45) is 0 Å². The van der Waals surface area contributed by atoms with Crippen molar-refractivity contribution >= 4 is 27.7 Å². The Morgan fingerprint density at radius 2 is 1.91 bits per heavy atom. The van der Waals surface area contributed by atoms with E-state index < -0.39 is 11.9 Å². The second kappa shape index (κ2) is 10.3. The fourth-order valence-electron chi connectivity index (χ4n) is 4.85. The van der Waals surface area contributed by atoms with E-state index in [1.165, 1.54) is 7.11 Å². The third-order valence-corrected chi connectivity index (χ3v) is 7.41. The maximum atomic E-state index is 13.7. The molecule has 3 atom stereocenters. The highest BCUT2D eigenvalue weighted by Gasteiger charge is 2.42. The highest BCUT2D eigenvalue weighted by Crippen LogP contribution is 2.48. The average Bonchev–Trinajstić information content (AvgIpc) is 2.84. The number of Topliss-reactive ketones (excluding diaryl/α,β-unsaturated/α-hetero) is 1. The van der Waals surface area contributed by atoms with Crippen LogP contribution < -0.4 is 10.1 Å². The van der Waals surface area contributed by atoms with E-state index in [0.717, 1.165) is 11.3 Å². The van der Waals surface area contributed by atoms with Crippen molar-refractivity contribution in [3.05, 3.63) is 80.6 Å². The van der Waals surface area contributed by atoms with E-state index in [0.29, 0.717) is 46.1 Å². The number of benzene rings is 2. The summed E-state index contributed by atoms with van der Waals surface area (Å²) in [7, 11) is 1.47. The largest absolute Gasteiger partial charge is 0.503 e. The summed E-state index contributed by atoms with van der Waals surface area (Å²) >= 11 is 3.39. The molecule has 0 radical (unpaired) electrons. The molecule has 35 heavy (non-hydrogen) atoms. The number of allylic oxidation sites excluding steroid dienone is 3. The van der Waals surface area contributed by atoms with Gasteiger partial charge in [0.05, 0.1) is 23.3 Å². The van der Waals surface area contributed by atoms with Crippen molar-refractivity contribution in [3.63, 3.8) is 0 Å². The molecule has 0 saturated heterocycles. The summed E-state index contributed by atoms with van der Waals surface area (Å²) in [6, 6.07) is 13.4. The van der Waals surface area contributed by atoms with Gasteiger partial charge < -0.3 is 19.9 Å². The molecule has 184 valence electrons. The van der Waals surface area contributed by atoms with Crippen molar-refractivity contribution in [2.75, 3.05) is 7.11 Å². The van der Waals surface area contributed by atoms with Gasteiger partial charge in [-0.25, -0.2) is 4.79 Å². The van der Waals surface area contributed by atoms with Gasteiger partial charge in [-0.3, -0.25) is 4.79 Å². The molecule has 7 heteroatoms. The van der Waals surface area contributed by atoms with Crippen molar-refractivity contribution in [3.8, 4) is 11.5 Å². The number of ketones is 1. The number of carbonyl (C=O) groups is 2. The molecular formula is C28H30BrNO5. The number of hydrogen-bond acceptors (Lipinski definition) is 6. The molecule has 0 saturated carbocycles. The average molecular weight is 540 g/mol. The maximum absolute atomic E-state index is 13.7. The highest BCUT2D eigenvalue weighted by atomic mass is 79.9. The molecule has 0 unspecified atom stereocenters. The zero-order valence-electron chi connectivity index (χ0n) is 20.4. The second-order valence-electron chi connectivity index (χ2n) is 9.11. The van der Waals surface area contributed by atoms with E-state index in [1.807, 2.05) is 51.1 Å². The number of aromatic hydroxyl groups is 1. The van der Waals surface area contributed by atoms with Crippen molar-refractivity contribution in [1.82, 2.24) is 5.32 Å². The fourth-order valence-corrected chi connectivity index (χ4v) is 5.31. The number of halogens is 1. The van der Waals surface area contributed by atoms with Crippen LogP contribution in [-0.2, 0) is 14.3 Å². The van der Waals surface area contributed by atoms with Gasteiger partial charge in [-0.1, -0.05) is 37.3 Å². The Labute approximate surface area is 214 Å². The summed E-state index contributed by atoms with van der Waals surface area (Å²) in [6.45, 7) is 5.64. The number of hydrogen-bond donors (Lipinski definition) is 2. The van der Waals surface area contributed by atoms with E-state index in [2.05, 4.69) is 21.2 Å². The van der Waals surface area contributed by atoms with Gasteiger partial charge in [0.1, 0.15) is 0 Å². The smallest absolute Gasteiger partial charge is 0.337 e. The molecule has 2 N–H and O–H groups in total. The van der Waals surface area contributed by atoms with Gasteiger partial charge in [0, 0.05) is 29.3 Å². The number of rotatable bonds is 6. The van der Waals surface area contributed by atoms with Crippen LogP contribution in [0.2, 0.25) is 0 Å². The van der Waals surface area contributed by atoms with Gasteiger partial charge in [0.2, 0.25) is 0 Å². The lowest BCUT2D eigenvalue weighted by Crippen LogP contribution is -2.36. The number of phenols is 1. The predicted molar refractivity (Wildman–Crippen MR) is 137 cm³/mol. The lowest BCUT2D eigenvalue weighted by Gasteiger charge is -2.37. The maximum Gasteiger partial charge on any atom is 0.337 e. The first kappa shape index (κ1) is 25.0. The molecule has 1 aliphatic carbocycles. The molecule has 0 aromatic heterocycles. The second-order valence-corrected chi connectivity index (χ2v) is 9.96. The van der Waals surface area contributed by atoms with Crippen LogP contribution in [0.25, 0.3) is 0 Å². The van der Waals surface area contributed by atoms with Gasteiger partial charge in [-0.05, 0) is 71.8 Å². The van der Waals surface area contributed by atoms with E-state index in [-0.39, 0.29) is 29.3 Å². The standard InChI is InChI=1S/C28H30BrNO5/c1-5-15(2)35-28(33)24-16(3)30-21-12-18(17-9-7-6-8-10-17)13-22(31)26(21)25(24)19-11-20(29)27(32)23(14-19)34-4/h6-11,14-15,18,25,30,32H,5,12-13H2,1-4H3/t15-,18+,25+/m0/s1. The topological polar surface area (TPSA) is 84.9 Å². The zero-order valence-corrected chi connectivity index (χ0v) is 21.9. The van der Waals surface area contributed by atoms with Crippen LogP contribution in [0.5, 0.6) is 11.5 Å². The SMILES string of the molecule is CC[C@H](C)OC(=O)C1=C(C)NC2=C(C(=O)C[C@H](c3ccccc3)C2)[C@@H]1c1cc(Br)c(O)c(OC)c1. The Morgan fingerprint density at radius 3 is 2.57 bits per heavy atom. The van der Waals surface area contributed by atoms with E-state index in [9.17, 15) is 14.7 Å². The molecule has 4 rings (SSSR count). The number of phenolic OH excluding ortho intramolecular Hbond substituents is 1. The molecule has 2 aromatic carbocycles. The quantitative estimate of drug-likeness (QED) is 0.446. The number of dihydropyridines is 1. The van der Waals surface area contributed by atoms with Crippen LogP contribution in [0.15, 0.2) is 69.5 Å². The molecular weight excluding hydrogens is 510 g/mol. The highest BCUT2D eigenvalue weighted by molar-refractivity contribution is 9.10. The molecule has 0 amide bonds. The van der Waals surface area contributed by atoms with Gasteiger partial charge in [0.25, 0.3) is 0 Å². The molecule has 0 fully saturated rings. The third kappa shape index (κ3) is 4.87. The number of ether oxygens (including phenoxy) is 2. The lowest BCUT2D eigenvalue weighted by molar-refractivity contribution is -0.144. The van der Waals surface area contributed by atoms with Crippen molar-refractivity contribution in [2.45, 2.75) is 58.0 Å². The molecule has 6 nitrogen and oxygen atoms in total. The molecule has 0 spiro atoms. The Kier molecular flexibility index (Phi) is 7.36. The first-order valence-corrected chi connectivity index (χ1v) is 12.6. The van der Waals surface area contributed by atoms with Gasteiger partial charge >= 0.3 is 5.97 Å². The normalized spacial score (nSPS) is 20.8. The van der Waals surface area contributed by atoms with Crippen LogP contribution >= 0.6 is 15.9 Å². The number of esters is 1. The molecule has 0 bridgehead atoms. The minimum Gasteiger partial charge on any atom is -0.503 e. The first-order chi connectivity index (χ1) is 16.7. The first-order valence-electron chi connectivity index (χ1n) is 11.8. The van der Waals surface area contributed by atoms with Gasteiger partial charge in [-0.15, -0.1) is 0 Å². The van der Waals surface area contributed by atoms with Crippen LogP contribution in [0.1, 0.15) is 63.0 Å². The Balaban J connectivity index is 1.85. The minimum atomic E-state index is -0.641.